The summed E-state index contributed by atoms with van der Waals surface area (Å²) in [5.74, 6) is 0.933. The molecule has 19 heavy (non-hydrogen) atoms. The summed E-state index contributed by atoms with van der Waals surface area (Å²) in [6, 6.07) is 7.49. The maximum atomic E-state index is 5.78. The summed E-state index contributed by atoms with van der Waals surface area (Å²) in [5.41, 5.74) is 8.62. The van der Waals surface area contributed by atoms with E-state index in [1.165, 1.54) is 54.4 Å². The largest absolute Gasteiger partial charge is 0.368 e. The first kappa shape index (κ1) is 13.4. The molecule has 1 aliphatic carbocycles. The monoisotopic (exact) mass is 322 g/mol. The minimum absolute atomic E-state index is 0.728. The highest BCUT2D eigenvalue weighted by molar-refractivity contribution is 9.10. The second-order valence-electron chi connectivity index (χ2n) is 5.91. The quantitative estimate of drug-likeness (QED) is 0.919. The molecule has 1 aromatic rings. The standard InChI is InChI=1S/C16H23BrN2/c17-14-5-6-16(13(11-14)7-9-18)19-10-8-12-3-1-2-4-15(12)19/h5-6,11-12,15H,1-4,7-10,18H2. The van der Waals surface area contributed by atoms with Crippen LogP contribution in [0.4, 0.5) is 5.69 Å². The molecule has 104 valence electrons. The molecule has 3 rings (SSSR count). The van der Waals surface area contributed by atoms with Crippen molar-refractivity contribution in [1.29, 1.82) is 0 Å². The second-order valence-corrected chi connectivity index (χ2v) is 6.82. The van der Waals surface area contributed by atoms with E-state index in [0.717, 1.165) is 24.9 Å². The van der Waals surface area contributed by atoms with Gasteiger partial charge in [0.1, 0.15) is 0 Å². The molecule has 2 fully saturated rings. The van der Waals surface area contributed by atoms with Crippen molar-refractivity contribution in [2.75, 3.05) is 18.0 Å². The van der Waals surface area contributed by atoms with Crippen LogP contribution in [-0.4, -0.2) is 19.1 Å². The van der Waals surface area contributed by atoms with Gasteiger partial charge in [-0.25, -0.2) is 0 Å². The van der Waals surface area contributed by atoms with Crippen LogP contribution in [0.2, 0.25) is 0 Å². The zero-order valence-electron chi connectivity index (χ0n) is 11.4. The van der Waals surface area contributed by atoms with Crippen LogP contribution in [0.25, 0.3) is 0 Å². The van der Waals surface area contributed by atoms with Crippen LogP contribution in [-0.2, 0) is 6.42 Å². The Morgan fingerprint density at radius 3 is 2.89 bits per heavy atom. The number of nitrogens with two attached hydrogens (primary N) is 1. The molecule has 2 unspecified atom stereocenters. The van der Waals surface area contributed by atoms with Crippen molar-refractivity contribution in [3.63, 3.8) is 0 Å². The molecule has 2 nitrogen and oxygen atoms in total. The Bertz CT molecular complexity index is 446. The highest BCUT2D eigenvalue weighted by Gasteiger charge is 2.36. The van der Waals surface area contributed by atoms with Crippen molar-refractivity contribution in [2.45, 2.75) is 44.6 Å². The highest BCUT2D eigenvalue weighted by Crippen LogP contribution is 2.40. The number of fused-ring (bicyclic) bond motifs is 1. The summed E-state index contributed by atoms with van der Waals surface area (Å²) in [4.78, 5) is 2.67. The van der Waals surface area contributed by atoms with Crippen molar-refractivity contribution < 1.29 is 0 Å². The molecule has 0 spiro atoms. The lowest BCUT2D eigenvalue weighted by molar-refractivity contribution is 0.342. The number of anilines is 1. The van der Waals surface area contributed by atoms with Crippen molar-refractivity contribution in [2.24, 2.45) is 11.7 Å². The molecule has 1 aliphatic heterocycles. The maximum Gasteiger partial charge on any atom is 0.0402 e. The van der Waals surface area contributed by atoms with Gasteiger partial charge in [0.15, 0.2) is 0 Å². The van der Waals surface area contributed by atoms with Crippen LogP contribution in [0, 0.1) is 5.92 Å². The highest BCUT2D eigenvalue weighted by atomic mass is 79.9. The van der Waals surface area contributed by atoms with Gasteiger partial charge in [-0.05, 0) is 61.9 Å². The van der Waals surface area contributed by atoms with Crippen LogP contribution in [0.5, 0.6) is 0 Å². The average molecular weight is 323 g/mol. The second kappa shape index (κ2) is 5.84. The molecule has 1 aromatic carbocycles. The molecule has 1 saturated carbocycles. The zero-order chi connectivity index (χ0) is 13.2. The Hall–Kier alpha value is -0.540. The Kier molecular flexibility index (Phi) is 4.13. The molecule has 0 amide bonds. The molecule has 3 heteroatoms. The van der Waals surface area contributed by atoms with E-state index < -0.39 is 0 Å². The van der Waals surface area contributed by atoms with Crippen LogP contribution >= 0.6 is 15.9 Å². The molecule has 0 aromatic heterocycles. The van der Waals surface area contributed by atoms with Gasteiger partial charge in [0, 0.05) is 22.7 Å². The van der Waals surface area contributed by atoms with Gasteiger partial charge in [0.25, 0.3) is 0 Å². The average Bonchev–Trinajstić information content (AvgIpc) is 2.83. The third-order valence-corrected chi connectivity index (χ3v) is 5.27. The summed E-state index contributed by atoms with van der Waals surface area (Å²) in [7, 11) is 0. The Morgan fingerprint density at radius 2 is 2.05 bits per heavy atom. The van der Waals surface area contributed by atoms with Gasteiger partial charge in [-0.2, -0.15) is 0 Å². The fourth-order valence-electron chi connectivity index (χ4n) is 3.89. The minimum atomic E-state index is 0.728. The van der Waals surface area contributed by atoms with E-state index in [1.807, 2.05) is 0 Å². The number of nitrogens with zero attached hydrogens (tertiary/aromatic N) is 1. The lowest BCUT2D eigenvalue weighted by atomic mass is 9.85. The first-order valence-electron chi connectivity index (χ1n) is 7.54. The van der Waals surface area contributed by atoms with Crippen molar-refractivity contribution in [3.05, 3.63) is 28.2 Å². The smallest absolute Gasteiger partial charge is 0.0402 e. The van der Waals surface area contributed by atoms with E-state index in [1.54, 1.807) is 0 Å². The van der Waals surface area contributed by atoms with E-state index >= 15 is 0 Å². The number of benzene rings is 1. The van der Waals surface area contributed by atoms with Gasteiger partial charge in [0.05, 0.1) is 0 Å². The number of halogens is 1. The molecule has 1 saturated heterocycles. The molecular formula is C16H23BrN2. The molecule has 2 atom stereocenters. The molecule has 0 radical (unpaired) electrons. The summed E-state index contributed by atoms with van der Waals surface area (Å²) < 4.78 is 1.17. The van der Waals surface area contributed by atoms with Gasteiger partial charge in [0.2, 0.25) is 0 Å². The Morgan fingerprint density at radius 1 is 1.21 bits per heavy atom. The topological polar surface area (TPSA) is 29.3 Å². The van der Waals surface area contributed by atoms with Crippen molar-refractivity contribution in [1.82, 2.24) is 0 Å². The van der Waals surface area contributed by atoms with Gasteiger partial charge < -0.3 is 10.6 Å². The predicted molar refractivity (Wildman–Crippen MR) is 84.6 cm³/mol. The van der Waals surface area contributed by atoms with Crippen LogP contribution < -0.4 is 10.6 Å². The van der Waals surface area contributed by atoms with E-state index in [2.05, 4.69) is 39.0 Å². The summed E-state index contributed by atoms with van der Waals surface area (Å²) in [6.07, 6.45) is 8.00. The van der Waals surface area contributed by atoms with Crippen LogP contribution in [0.15, 0.2) is 22.7 Å². The van der Waals surface area contributed by atoms with Crippen molar-refractivity contribution >= 4 is 21.6 Å². The SMILES string of the molecule is NCCc1cc(Br)ccc1N1CCC2CCCCC21. The normalized spacial score (nSPS) is 26.5. The zero-order valence-corrected chi connectivity index (χ0v) is 13.0. The number of rotatable bonds is 3. The molecule has 1 heterocycles. The van der Waals surface area contributed by atoms with Gasteiger partial charge >= 0.3 is 0 Å². The lowest BCUT2D eigenvalue weighted by Crippen LogP contribution is -2.35. The van der Waals surface area contributed by atoms with E-state index in [-0.39, 0.29) is 0 Å². The van der Waals surface area contributed by atoms with Crippen molar-refractivity contribution in [3.8, 4) is 0 Å². The minimum Gasteiger partial charge on any atom is -0.368 e. The molecule has 2 aliphatic rings. The van der Waals surface area contributed by atoms with Gasteiger partial charge in [-0.15, -0.1) is 0 Å². The molecular weight excluding hydrogens is 300 g/mol. The van der Waals surface area contributed by atoms with E-state index in [0.29, 0.717) is 0 Å². The van der Waals surface area contributed by atoms with Gasteiger partial charge in [-0.3, -0.25) is 0 Å². The fourth-order valence-corrected chi connectivity index (χ4v) is 4.30. The van der Waals surface area contributed by atoms with E-state index in [4.69, 9.17) is 5.73 Å². The summed E-state index contributed by atoms with van der Waals surface area (Å²) in [6.45, 7) is 1.96. The maximum absolute atomic E-state index is 5.78. The fraction of sp³-hybridized carbons (Fsp3) is 0.625. The predicted octanol–water partition coefficient (Wildman–Crippen LogP) is 3.72. The van der Waals surface area contributed by atoms with Crippen LogP contribution in [0.3, 0.4) is 0 Å². The first-order valence-corrected chi connectivity index (χ1v) is 8.34. The third kappa shape index (κ3) is 2.68. The summed E-state index contributed by atoms with van der Waals surface area (Å²) >= 11 is 3.58. The Balaban J connectivity index is 1.89. The lowest BCUT2D eigenvalue weighted by Gasteiger charge is -2.34. The van der Waals surface area contributed by atoms with Crippen LogP contribution in [0.1, 0.15) is 37.7 Å². The molecule has 2 N–H and O–H groups in total. The number of hydrogen-bond acceptors (Lipinski definition) is 2. The number of hydrogen-bond donors (Lipinski definition) is 1. The van der Waals surface area contributed by atoms with Gasteiger partial charge in [-0.1, -0.05) is 28.8 Å². The Labute approximate surface area is 124 Å². The third-order valence-electron chi connectivity index (χ3n) is 4.77. The summed E-state index contributed by atoms with van der Waals surface area (Å²) in [5, 5.41) is 0. The first-order chi connectivity index (χ1) is 9.29. The molecule has 0 bridgehead atoms. The van der Waals surface area contributed by atoms with E-state index in [9.17, 15) is 0 Å².